The van der Waals surface area contributed by atoms with Crippen LogP contribution in [0.1, 0.15) is 37.1 Å². The molecule has 19 heteroatoms. The maximum absolute atomic E-state index is 14.2. The van der Waals surface area contributed by atoms with E-state index in [1.165, 1.54) is 22.9 Å². The molecule has 1 fully saturated rings. The first-order valence-electron chi connectivity index (χ1n) is 20.9. The van der Waals surface area contributed by atoms with Crippen LogP contribution in [0.4, 0.5) is 24.8 Å². The number of thioether (sulfide) groups is 1. The van der Waals surface area contributed by atoms with Crippen molar-refractivity contribution in [1.82, 2.24) is 29.5 Å². The average molecular weight is 946 g/mol. The molecule has 2 aliphatic rings. The summed E-state index contributed by atoms with van der Waals surface area (Å²) < 4.78 is 101. The van der Waals surface area contributed by atoms with Gasteiger partial charge in [-0.15, -0.1) is 22.0 Å². The van der Waals surface area contributed by atoms with Crippen LogP contribution in [0.3, 0.4) is 0 Å². The van der Waals surface area contributed by atoms with E-state index in [0.29, 0.717) is 61.2 Å². The van der Waals surface area contributed by atoms with E-state index in [1.807, 2.05) is 79.7 Å². The zero-order chi connectivity index (χ0) is 44.8. The Hall–Kier alpha value is -4.17. The summed E-state index contributed by atoms with van der Waals surface area (Å²) in [5, 5.41) is 12.1. The van der Waals surface area contributed by atoms with E-state index in [1.54, 1.807) is 4.57 Å². The number of sulfone groups is 1. The van der Waals surface area contributed by atoms with Gasteiger partial charge in [0.15, 0.2) is 0 Å². The molecule has 0 saturated carbocycles. The number of sulfonamides is 1. The van der Waals surface area contributed by atoms with Gasteiger partial charge in [0.25, 0.3) is 19.9 Å². The molecule has 3 heterocycles. The van der Waals surface area contributed by atoms with Crippen LogP contribution in [-0.4, -0.2) is 116 Å². The van der Waals surface area contributed by atoms with E-state index in [4.69, 9.17) is 11.6 Å². The van der Waals surface area contributed by atoms with Crippen molar-refractivity contribution in [3.05, 3.63) is 113 Å². The molecule has 0 spiro atoms. The fourth-order valence-electron chi connectivity index (χ4n) is 8.09. The molecule has 2 N–H and O–H groups in total. The Kier molecular flexibility index (Phi) is 15.1. The highest BCUT2D eigenvalue weighted by Gasteiger charge is 2.48. The minimum absolute atomic E-state index is 0.0925. The number of piperidine rings is 1. The van der Waals surface area contributed by atoms with Gasteiger partial charge in [-0.2, -0.15) is 13.2 Å². The number of fused-ring (bicyclic) bond motifs is 1. The summed E-state index contributed by atoms with van der Waals surface area (Å²) in [6, 6.07) is 28.3. The van der Waals surface area contributed by atoms with Crippen molar-refractivity contribution < 1.29 is 30.0 Å². The predicted octanol–water partition coefficient (Wildman–Crippen LogP) is 8.13. The SMILES string of the molecule is CN(C)CCC(CSc1ccccc1)Nc1ccc(S(=O)(=O)Nc2nnc3n2CCN(C2CCN(Cc4ccccc4-c4ccc(Cl)cc4)CC2)CCC3)cc1S(=O)(=O)C(F)(F)F. The van der Waals surface area contributed by atoms with Gasteiger partial charge in [-0.05, 0) is 125 Å². The van der Waals surface area contributed by atoms with Crippen LogP contribution in [0.2, 0.25) is 5.02 Å². The summed E-state index contributed by atoms with van der Waals surface area (Å²) in [5.74, 6) is 0.893. The van der Waals surface area contributed by atoms with Crippen LogP contribution in [0.25, 0.3) is 11.1 Å². The maximum Gasteiger partial charge on any atom is 0.501 e. The molecule has 0 bridgehead atoms. The van der Waals surface area contributed by atoms with Crippen molar-refractivity contribution in [1.29, 1.82) is 0 Å². The smallest absolute Gasteiger partial charge is 0.380 e. The highest BCUT2D eigenvalue weighted by molar-refractivity contribution is 7.99. The summed E-state index contributed by atoms with van der Waals surface area (Å²) >= 11 is 7.62. The molecular weight excluding hydrogens is 893 g/mol. The second-order valence-electron chi connectivity index (χ2n) is 16.2. The number of aromatic nitrogens is 3. The number of nitrogens with one attached hydrogen (secondary N) is 2. The van der Waals surface area contributed by atoms with E-state index >= 15 is 0 Å². The standard InChI is InChI=1S/C44H52ClF3N8O4S3/c1-53(2)24-20-35(31-61-37-10-4-3-5-11-37)49-40-19-18-38(29-41(40)62(57,58)44(46,47)48)63(59,60)52-43-51-50-42-13-8-23-55(27-28-56(42)43)36-21-25-54(26-22-36)30-33-9-6-7-12-39(33)32-14-16-34(45)17-15-32/h3-7,9-12,14-19,29,35-36,49H,8,13,20-28,30-31H2,1-2H3,(H,51,52). The molecule has 7 rings (SSSR count). The van der Waals surface area contributed by atoms with Crippen molar-refractivity contribution in [3.63, 3.8) is 0 Å². The van der Waals surface area contributed by atoms with Gasteiger partial charge in [-0.3, -0.25) is 14.4 Å². The van der Waals surface area contributed by atoms with E-state index < -0.39 is 41.2 Å². The molecule has 4 aromatic carbocycles. The number of benzene rings is 4. The molecule has 338 valence electrons. The maximum atomic E-state index is 14.2. The molecule has 1 aromatic heterocycles. The molecule has 1 unspecified atom stereocenters. The first kappa shape index (κ1) is 46.8. The number of aryl methyl sites for hydroxylation is 1. The molecule has 12 nitrogen and oxygen atoms in total. The minimum Gasteiger partial charge on any atom is -0.380 e. The van der Waals surface area contributed by atoms with Gasteiger partial charge in [0.2, 0.25) is 5.95 Å². The molecule has 1 saturated heterocycles. The van der Waals surface area contributed by atoms with Crippen molar-refractivity contribution in [2.45, 2.75) is 77.5 Å². The van der Waals surface area contributed by atoms with Crippen molar-refractivity contribution in [2.24, 2.45) is 0 Å². The molecule has 2 aliphatic heterocycles. The number of anilines is 2. The van der Waals surface area contributed by atoms with E-state index in [-0.39, 0.29) is 11.6 Å². The third-order valence-electron chi connectivity index (χ3n) is 11.5. The topological polar surface area (TPSA) is 133 Å². The first-order valence-corrected chi connectivity index (χ1v) is 25.2. The normalized spacial score (nSPS) is 16.6. The second kappa shape index (κ2) is 20.3. The zero-order valence-electron chi connectivity index (χ0n) is 35.1. The Bertz CT molecular complexity index is 2540. The number of hydrogen-bond acceptors (Lipinski definition) is 11. The highest BCUT2D eigenvalue weighted by atomic mass is 35.5. The average Bonchev–Trinajstić information content (AvgIpc) is 3.61. The quantitative estimate of drug-likeness (QED) is 0.0930. The molecule has 5 aromatic rings. The van der Waals surface area contributed by atoms with Gasteiger partial charge in [-0.1, -0.05) is 66.2 Å². The predicted molar refractivity (Wildman–Crippen MR) is 243 cm³/mol. The lowest BCUT2D eigenvalue weighted by atomic mass is 9.97. The van der Waals surface area contributed by atoms with Crippen LogP contribution in [0.5, 0.6) is 0 Å². The van der Waals surface area contributed by atoms with Crippen LogP contribution in [0, 0.1) is 0 Å². The summed E-state index contributed by atoms with van der Waals surface area (Å²) in [4.78, 5) is 5.92. The Morgan fingerprint density at radius 3 is 2.30 bits per heavy atom. The lowest BCUT2D eigenvalue weighted by Crippen LogP contribution is -2.46. The molecule has 63 heavy (non-hydrogen) atoms. The van der Waals surface area contributed by atoms with E-state index in [9.17, 15) is 30.0 Å². The fourth-order valence-corrected chi connectivity index (χ4v) is 11.3. The first-order chi connectivity index (χ1) is 30.1. The zero-order valence-corrected chi connectivity index (χ0v) is 38.3. The van der Waals surface area contributed by atoms with Gasteiger partial charge in [0, 0.05) is 53.8 Å². The van der Waals surface area contributed by atoms with Crippen LogP contribution < -0.4 is 10.0 Å². The van der Waals surface area contributed by atoms with Gasteiger partial charge in [-0.25, -0.2) is 21.6 Å². The largest absolute Gasteiger partial charge is 0.501 e. The number of rotatable bonds is 16. The summed E-state index contributed by atoms with van der Waals surface area (Å²) in [6.45, 7) is 5.05. The third kappa shape index (κ3) is 11.8. The lowest BCUT2D eigenvalue weighted by Gasteiger charge is -2.39. The Labute approximate surface area is 377 Å². The molecule has 0 aliphatic carbocycles. The van der Waals surface area contributed by atoms with Gasteiger partial charge < -0.3 is 10.2 Å². The minimum atomic E-state index is -5.99. The number of nitrogens with zero attached hydrogens (tertiary/aromatic N) is 6. The molecule has 1 atom stereocenters. The van der Waals surface area contributed by atoms with Gasteiger partial charge in [0.05, 0.1) is 10.6 Å². The van der Waals surface area contributed by atoms with Crippen molar-refractivity contribution >= 4 is 54.9 Å². The number of halogens is 4. The van der Waals surface area contributed by atoms with Crippen LogP contribution in [-0.2, 0) is 39.4 Å². The fraction of sp³-hybridized carbons (Fsp3) is 0.409. The number of likely N-dealkylation sites (tertiary alicyclic amines) is 1. The Balaban J connectivity index is 1.03. The summed E-state index contributed by atoms with van der Waals surface area (Å²) in [7, 11) is -6.91. The molecular formula is C44H52ClF3N8O4S3. The highest BCUT2D eigenvalue weighted by Crippen LogP contribution is 2.37. The molecule has 0 amide bonds. The number of alkyl halides is 3. The molecule has 0 radical (unpaired) electrons. The Morgan fingerprint density at radius 2 is 1.59 bits per heavy atom. The lowest BCUT2D eigenvalue weighted by molar-refractivity contribution is -0.0435. The Morgan fingerprint density at radius 1 is 0.873 bits per heavy atom. The third-order valence-corrected chi connectivity index (χ3v) is 15.8. The van der Waals surface area contributed by atoms with Crippen molar-refractivity contribution in [3.8, 4) is 11.1 Å². The number of hydrogen-bond donors (Lipinski definition) is 2. The van der Waals surface area contributed by atoms with Gasteiger partial charge >= 0.3 is 5.51 Å². The van der Waals surface area contributed by atoms with Crippen molar-refractivity contribution in [2.75, 3.05) is 62.6 Å². The van der Waals surface area contributed by atoms with Crippen LogP contribution >= 0.6 is 23.4 Å². The van der Waals surface area contributed by atoms with Crippen LogP contribution in [0.15, 0.2) is 112 Å². The van der Waals surface area contributed by atoms with Gasteiger partial charge in [0.1, 0.15) is 10.7 Å². The monoisotopic (exact) mass is 944 g/mol. The second-order valence-corrected chi connectivity index (χ2v) is 21.3. The van der Waals surface area contributed by atoms with E-state index in [0.717, 1.165) is 68.0 Å². The van der Waals surface area contributed by atoms with E-state index in [2.05, 4.69) is 48.2 Å². The summed E-state index contributed by atoms with van der Waals surface area (Å²) in [5.41, 5.74) is -2.47. The summed E-state index contributed by atoms with van der Waals surface area (Å²) in [6.07, 6.45) is 3.71.